The van der Waals surface area contributed by atoms with Crippen molar-refractivity contribution in [2.24, 2.45) is 5.92 Å². The van der Waals surface area contributed by atoms with Gasteiger partial charge in [0.25, 0.3) is 0 Å². The van der Waals surface area contributed by atoms with Crippen molar-refractivity contribution >= 4 is 0 Å². The first-order valence-electron chi connectivity index (χ1n) is 3.07. The lowest BCUT2D eigenvalue weighted by molar-refractivity contribution is 0.935. The minimum atomic E-state index is 0.602. The van der Waals surface area contributed by atoms with Gasteiger partial charge in [0.1, 0.15) is 0 Å². The van der Waals surface area contributed by atoms with E-state index < -0.39 is 0 Å². The fraction of sp³-hybridized carbons (Fsp3) is 0.500. The summed E-state index contributed by atoms with van der Waals surface area (Å²) >= 11 is 0. The van der Waals surface area contributed by atoms with Crippen LogP contribution in [-0.2, 0) is 0 Å². The lowest BCUT2D eigenvalue weighted by Gasteiger charge is -1.92. The van der Waals surface area contributed by atoms with E-state index in [-0.39, 0.29) is 0 Å². The lowest BCUT2D eigenvalue weighted by atomic mass is 10.1. The van der Waals surface area contributed by atoms with Crippen molar-refractivity contribution in [2.75, 3.05) is 0 Å². The van der Waals surface area contributed by atoms with Gasteiger partial charge in [0.2, 0.25) is 0 Å². The third-order valence-corrected chi connectivity index (χ3v) is 0.992. The second-order valence-corrected chi connectivity index (χ2v) is 1.91. The summed E-state index contributed by atoms with van der Waals surface area (Å²) < 4.78 is 0. The topological polar surface area (TPSA) is 0 Å². The minimum absolute atomic E-state index is 0.602. The molecule has 0 spiro atoms. The molecule has 1 unspecified atom stereocenters. The molecule has 0 aromatic carbocycles. The Kier molecular flexibility index (Phi) is 4.33. The Hall–Kier alpha value is -0.520. The molecule has 0 aliphatic rings. The van der Waals surface area contributed by atoms with Crippen LogP contribution in [0.5, 0.6) is 0 Å². The van der Waals surface area contributed by atoms with Crippen molar-refractivity contribution in [3.05, 3.63) is 24.3 Å². The van der Waals surface area contributed by atoms with E-state index in [0.717, 1.165) is 0 Å². The number of allylic oxidation sites excluding steroid dienone is 4. The van der Waals surface area contributed by atoms with Crippen molar-refractivity contribution in [3.8, 4) is 0 Å². The van der Waals surface area contributed by atoms with Crippen LogP contribution in [0.2, 0.25) is 0 Å². The molecule has 0 heterocycles. The molecular weight excluding hydrogens is 96.1 g/mol. The fourth-order valence-electron chi connectivity index (χ4n) is 0.671. The molecule has 0 aromatic heterocycles. The molecule has 0 N–H and O–H groups in total. The summed E-state index contributed by atoms with van der Waals surface area (Å²) in [5.74, 6) is 0.602. The molecular formula is C8H14. The van der Waals surface area contributed by atoms with E-state index in [1.165, 1.54) is 0 Å². The van der Waals surface area contributed by atoms with Gasteiger partial charge in [0.05, 0.1) is 0 Å². The zero-order chi connectivity index (χ0) is 6.41. The summed E-state index contributed by atoms with van der Waals surface area (Å²) in [6, 6.07) is 0. The number of hydrogen-bond acceptors (Lipinski definition) is 0. The molecule has 0 nitrogen and oxygen atoms in total. The average molecular weight is 110 g/mol. The third-order valence-electron chi connectivity index (χ3n) is 0.992. The van der Waals surface area contributed by atoms with Crippen molar-refractivity contribution in [1.82, 2.24) is 0 Å². The van der Waals surface area contributed by atoms with Crippen LogP contribution in [0.1, 0.15) is 20.8 Å². The Bertz CT molecular complexity index is 76.2. The molecule has 0 aliphatic carbocycles. The average Bonchev–Trinajstić information content (AvgIpc) is 1.68. The molecule has 0 bridgehead atoms. The summed E-state index contributed by atoms with van der Waals surface area (Å²) in [5, 5.41) is 0. The molecule has 0 rings (SSSR count). The minimum Gasteiger partial charge on any atom is -0.0911 e. The van der Waals surface area contributed by atoms with Crippen molar-refractivity contribution in [1.29, 1.82) is 0 Å². The normalized spacial score (nSPS) is 15.9. The van der Waals surface area contributed by atoms with Crippen LogP contribution >= 0.6 is 0 Å². The Morgan fingerprint density at radius 3 is 1.62 bits per heavy atom. The van der Waals surface area contributed by atoms with Gasteiger partial charge >= 0.3 is 0 Å². The van der Waals surface area contributed by atoms with E-state index in [1.54, 1.807) is 0 Å². The maximum atomic E-state index is 2.17. The van der Waals surface area contributed by atoms with Gasteiger partial charge in [-0.05, 0) is 19.8 Å². The maximum Gasteiger partial charge on any atom is -0.00821 e. The van der Waals surface area contributed by atoms with Crippen LogP contribution in [0.3, 0.4) is 0 Å². The Morgan fingerprint density at radius 1 is 1.00 bits per heavy atom. The summed E-state index contributed by atoms with van der Waals surface area (Å²) in [4.78, 5) is 0. The summed E-state index contributed by atoms with van der Waals surface area (Å²) in [5.41, 5.74) is 0. The predicted octanol–water partition coefficient (Wildman–Crippen LogP) is 2.77. The highest BCUT2D eigenvalue weighted by atomic mass is 13.9. The van der Waals surface area contributed by atoms with Crippen LogP contribution < -0.4 is 0 Å². The van der Waals surface area contributed by atoms with Gasteiger partial charge in [-0.3, -0.25) is 0 Å². The monoisotopic (exact) mass is 110 g/mol. The van der Waals surface area contributed by atoms with Crippen molar-refractivity contribution in [3.63, 3.8) is 0 Å². The summed E-state index contributed by atoms with van der Waals surface area (Å²) in [7, 11) is 0. The lowest BCUT2D eigenvalue weighted by Crippen LogP contribution is -1.78. The van der Waals surface area contributed by atoms with E-state index >= 15 is 0 Å². The smallest absolute Gasteiger partial charge is 0.00821 e. The van der Waals surface area contributed by atoms with Crippen molar-refractivity contribution in [2.45, 2.75) is 20.8 Å². The third kappa shape index (κ3) is 3.66. The molecule has 0 aliphatic heterocycles. The van der Waals surface area contributed by atoms with Crippen molar-refractivity contribution < 1.29 is 0 Å². The summed E-state index contributed by atoms with van der Waals surface area (Å²) in [6.45, 7) is 6.25. The zero-order valence-electron chi connectivity index (χ0n) is 5.89. The highest BCUT2D eigenvalue weighted by Gasteiger charge is 1.83. The molecule has 0 heteroatoms. The highest BCUT2D eigenvalue weighted by molar-refractivity contribution is 4.95. The quantitative estimate of drug-likeness (QED) is 0.479. The Morgan fingerprint density at radius 2 is 1.38 bits per heavy atom. The van der Waals surface area contributed by atoms with Gasteiger partial charge < -0.3 is 0 Å². The molecule has 0 saturated heterocycles. The first-order chi connectivity index (χ1) is 3.81. The first-order valence-corrected chi connectivity index (χ1v) is 3.07. The van der Waals surface area contributed by atoms with Gasteiger partial charge in [-0.2, -0.15) is 0 Å². The first kappa shape index (κ1) is 7.48. The summed E-state index contributed by atoms with van der Waals surface area (Å²) in [6.07, 6.45) is 8.48. The fourth-order valence-corrected chi connectivity index (χ4v) is 0.671. The van der Waals surface area contributed by atoms with Gasteiger partial charge in [0, 0.05) is 0 Å². The molecule has 0 amide bonds. The molecule has 0 aromatic rings. The number of hydrogen-bond donors (Lipinski definition) is 0. The predicted molar refractivity (Wildman–Crippen MR) is 38.8 cm³/mol. The van der Waals surface area contributed by atoms with Crippen LogP contribution in [0, 0.1) is 5.92 Å². The van der Waals surface area contributed by atoms with E-state index in [1.807, 2.05) is 13.8 Å². The zero-order valence-corrected chi connectivity index (χ0v) is 5.89. The molecule has 46 valence electrons. The van der Waals surface area contributed by atoms with E-state index in [0.29, 0.717) is 5.92 Å². The SMILES string of the molecule is C/C=C\C(C)/C=C/C. The van der Waals surface area contributed by atoms with E-state index in [9.17, 15) is 0 Å². The van der Waals surface area contributed by atoms with Crippen LogP contribution in [0.4, 0.5) is 0 Å². The van der Waals surface area contributed by atoms with Gasteiger partial charge in [-0.15, -0.1) is 0 Å². The van der Waals surface area contributed by atoms with E-state index in [4.69, 9.17) is 0 Å². The second-order valence-electron chi connectivity index (χ2n) is 1.91. The van der Waals surface area contributed by atoms with Gasteiger partial charge in [-0.25, -0.2) is 0 Å². The molecule has 0 fully saturated rings. The van der Waals surface area contributed by atoms with Crippen LogP contribution in [0.15, 0.2) is 24.3 Å². The Labute approximate surface area is 51.9 Å². The largest absolute Gasteiger partial charge is 0.0911 e. The Balaban J connectivity index is 3.47. The molecule has 8 heavy (non-hydrogen) atoms. The molecule has 0 saturated carbocycles. The van der Waals surface area contributed by atoms with Crippen LogP contribution in [-0.4, -0.2) is 0 Å². The van der Waals surface area contributed by atoms with Gasteiger partial charge in [0.15, 0.2) is 0 Å². The number of rotatable bonds is 2. The molecule has 0 radical (unpaired) electrons. The highest BCUT2D eigenvalue weighted by Crippen LogP contribution is 1.97. The standard InChI is InChI=1S/C8H14/c1-4-6-8(3)7-5-2/h4-8H,1-3H3/b6-4-,7-5+. The maximum absolute atomic E-state index is 2.17. The second kappa shape index (κ2) is 4.63. The van der Waals surface area contributed by atoms with Gasteiger partial charge in [-0.1, -0.05) is 31.2 Å². The van der Waals surface area contributed by atoms with E-state index in [2.05, 4.69) is 31.2 Å². The van der Waals surface area contributed by atoms with Crippen LogP contribution in [0.25, 0.3) is 0 Å². The molecule has 1 atom stereocenters.